The zero-order valence-corrected chi connectivity index (χ0v) is 6.65. The third-order valence-electron chi connectivity index (χ3n) is 1.21. The second-order valence-corrected chi connectivity index (χ2v) is 2.01. The van der Waals surface area contributed by atoms with Gasteiger partial charge in [0.1, 0.15) is 0 Å². The van der Waals surface area contributed by atoms with Gasteiger partial charge in [0.25, 0.3) is 0 Å². The number of rotatable bonds is 1. The Bertz CT molecular complexity index is 220. The molecule has 54 valence electrons. The van der Waals surface area contributed by atoms with Crippen LogP contribution in [-0.4, -0.2) is 0 Å². The average Bonchev–Trinajstić information content (AvgIpc) is 1.88. The van der Waals surface area contributed by atoms with Crippen LogP contribution in [0.1, 0.15) is 11.3 Å². The van der Waals surface area contributed by atoms with Crippen LogP contribution in [0.2, 0.25) is 0 Å². The second-order valence-electron chi connectivity index (χ2n) is 2.01. The highest BCUT2D eigenvalue weighted by atomic mass is 35.5. The van der Waals surface area contributed by atoms with Crippen molar-refractivity contribution in [1.82, 2.24) is 0 Å². The van der Waals surface area contributed by atoms with Gasteiger partial charge in [-0.15, -0.1) is 0 Å². The summed E-state index contributed by atoms with van der Waals surface area (Å²) in [6.45, 7) is 5.68. The van der Waals surface area contributed by atoms with E-state index in [9.17, 15) is 0 Å². The van der Waals surface area contributed by atoms with Gasteiger partial charge in [0.15, 0.2) is 11.9 Å². The summed E-state index contributed by atoms with van der Waals surface area (Å²) in [6.07, 6.45) is 3.74. The lowest BCUT2D eigenvalue weighted by Gasteiger charge is -1.86. The van der Waals surface area contributed by atoms with E-state index in [1.165, 1.54) is 0 Å². The van der Waals surface area contributed by atoms with E-state index in [1.54, 1.807) is 0 Å². The fourth-order valence-corrected chi connectivity index (χ4v) is 0.736. The standard InChI is InChI=1S/C8H9N.ClH/c1-3-8-4-5-9-7(2)6-8;/h3-6H,1H2,2H3;1H. The van der Waals surface area contributed by atoms with E-state index >= 15 is 0 Å². The summed E-state index contributed by atoms with van der Waals surface area (Å²) in [6, 6.07) is 4.03. The van der Waals surface area contributed by atoms with Crippen LogP contribution < -0.4 is 17.4 Å². The van der Waals surface area contributed by atoms with E-state index in [4.69, 9.17) is 0 Å². The summed E-state index contributed by atoms with van der Waals surface area (Å²) < 4.78 is 0. The minimum Gasteiger partial charge on any atom is -1.00 e. The van der Waals surface area contributed by atoms with E-state index in [1.807, 2.05) is 31.3 Å². The summed E-state index contributed by atoms with van der Waals surface area (Å²) in [5, 5.41) is 0. The minimum atomic E-state index is 0. The first-order valence-corrected chi connectivity index (χ1v) is 2.93. The zero-order valence-electron chi connectivity index (χ0n) is 5.89. The van der Waals surface area contributed by atoms with E-state index in [0.717, 1.165) is 11.3 Å². The van der Waals surface area contributed by atoms with Crippen molar-refractivity contribution in [2.24, 2.45) is 0 Å². The highest BCUT2D eigenvalue weighted by molar-refractivity contribution is 5.45. The first-order valence-electron chi connectivity index (χ1n) is 2.93. The van der Waals surface area contributed by atoms with Crippen LogP contribution >= 0.6 is 0 Å². The normalized spacial score (nSPS) is 8.10. The molecule has 1 heterocycles. The van der Waals surface area contributed by atoms with E-state index in [0.29, 0.717) is 0 Å². The van der Waals surface area contributed by atoms with Gasteiger partial charge in [-0.25, -0.2) is 4.98 Å². The van der Waals surface area contributed by atoms with E-state index < -0.39 is 0 Å². The molecule has 0 aliphatic heterocycles. The Morgan fingerprint density at radius 1 is 1.60 bits per heavy atom. The average molecular weight is 156 g/mol. The van der Waals surface area contributed by atoms with E-state index in [2.05, 4.69) is 11.6 Å². The maximum Gasteiger partial charge on any atom is 0.177 e. The van der Waals surface area contributed by atoms with Crippen LogP contribution in [0.3, 0.4) is 0 Å². The summed E-state index contributed by atoms with van der Waals surface area (Å²) >= 11 is 0. The van der Waals surface area contributed by atoms with Crippen molar-refractivity contribution in [3.8, 4) is 0 Å². The summed E-state index contributed by atoms with van der Waals surface area (Å²) in [5.74, 6) is 0. The zero-order chi connectivity index (χ0) is 6.69. The molecule has 1 aromatic heterocycles. The lowest BCUT2D eigenvalue weighted by molar-refractivity contribution is -0.387. The van der Waals surface area contributed by atoms with Gasteiger partial charge < -0.3 is 12.4 Å². The molecule has 1 nitrogen and oxygen atoms in total. The number of hydrogen-bond donors (Lipinski definition) is 0. The van der Waals surface area contributed by atoms with Crippen LogP contribution in [-0.2, 0) is 0 Å². The van der Waals surface area contributed by atoms with Crippen molar-refractivity contribution in [3.63, 3.8) is 0 Å². The number of pyridine rings is 1. The number of H-pyrrole nitrogens is 1. The second kappa shape index (κ2) is 4.07. The lowest BCUT2D eigenvalue weighted by atomic mass is 10.2. The van der Waals surface area contributed by atoms with Crippen LogP contribution in [0, 0.1) is 6.92 Å². The topological polar surface area (TPSA) is 14.1 Å². The minimum absolute atomic E-state index is 0. The van der Waals surface area contributed by atoms with Crippen LogP contribution in [0.4, 0.5) is 0 Å². The van der Waals surface area contributed by atoms with Gasteiger partial charge in [-0.05, 0) is 5.56 Å². The number of halogens is 1. The molecular formula is C8H10ClN. The van der Waals surface area contributed by atoms with Crippen LogP contribution in [0.5, 0.6) is 0 Å². The Morgan fingerprint density at radius 3 is 2.70 bits per heavy atom. The molecule has 0 fully saturated rings. The molecular weight excluding hydrogens is 146 g/mol. The molecule has 0 spiro atoms. The quantitative estimate of drug-likeness (QED) is 0.467. The molecule has 0 saturated heterocycles. The molecule has 2 heteroatoms. The van der Waals surface area contributed by atoms with Gasteiger partial charge in [0, 0.05) is 19.1 Å². The highest BCUT2D eigenvalue weighted by Gasteiger charge is 1.90. The number of nitrogens with one attached hydrogen (secondary N) is 1. The number of aromatic nitrogens is 1. The molecule has 0 unspecified atom stereocenters. The number of aryl methyl sites for hydroxylation is 1. The van der Waals surface area contributed by atoms with Crippen molar-refractivity contribution < 1.29 is 17.4 Å². The van der Waals surface area contributed by atoms with Crippen LogP contribution in [0.15, 0.2) is 24.9 Å². The van der Waals surface area contributed by atoms with Gasteiger partial charge in [-0.3, -0.25) is 0 Å². The maximum atomic E-state index is 3.66. The molecule has 0 radical (unpaired) electrons. The number of hydrogen-bond acceptors (Lipinski definition) is 0. The van der Waals surface area contributed by atoms with Gasteiger partial charge in [0.2, 0.25) is 0 Å². The van der Waals surface area contributed by atoms with Crippen molar-refractivity contribution in [2.45, 2.75) is 6.92 Å². The molecule has 0 aliphatic carbocycles. The van der Waals surface area contributed by atoms with Crippen molar-refractivity contribution in [1.29, 1.82) is 0 Å². The van der Waals surface area contributed by atoms with Crippen molar-refractivity contribution >= 4 is 6.08 Å². The van der Waals surface area contributed by atoms with Crippen molar-refractivity contribution in [3.05, 3.63) is 36.2 Å². The van der Waals surface area contributed by atoms with Gasteiger partial charge in [-0.2, -0.15) is 0 Å². The first kappa shape index (κ1) is 9.18. The largest absolute Gasteiger partial charge is 1.00 e. The Kier molecular flexibility index (Phi) is 3.74. The van der Waals surface area contributed by atoms with Gasteiger partial charge in [0.05, 0.1) is 0 Å². The van der Waals surface area contributed by atoms with Gasteiger partial charge in [-0.1, -0.05) is 12.7 Å². The Labute approximate surface area is 67.2 Å². The smallest absolute Gasteiger partial charge is 0.177 e. The predicted octanol–water partition coefficient (Wildman–Crippen LogP) is -1.54. The maximum absolute atomic E-state index is 3.66. The summed E-state index contributed by atoms with van der Waals surface area (Å²) in [5.41, 5.74) is 2.32. The van der Waals surface area contributed by atoms with E-state index in [-0.39, 0.29) is 12.4 Å². The summed E-state index contributed by atoms with van der Waals surface area (Å²) in [7, 11) is 0. The summed E-state index contributed by atoms with van der Waals surface area (Å²) in [4.78, 5) is 3.06. The third-order valence-corrected chi connectivity index (χ3v) is 1.21. The lowest BCUT2D eigenvalue weighted by Crippen LogP contribution is -3.00. The molecule has 1 N–H and O–H groups in total. The fraction of sp³-hybridized carbons (Fsp3) is 0.125. The Hall–Kier alpha value is -0.820. The molecule has 0 aliphatic rings. The molecule has 1 aromatic rings. The highest BCUT2D eigenvalue weighted by Crippen LogP contribution is 1.97. The Morgan fingerprint density at radius 2 is 2.30 bits per heavy atom. The molecule has 0 amide bonds. The van der Waals surface area contributed by atoms with Gasteiger partial charge >= 0.3 is 0 Å². The molecule has 0 bridgehead atoms. The first-order chi connectivity index (χ1) is 4.33. The fourth-order valence-electron chi connectivity index (χ4n) is 0.736. The van der Waals surface area contributed by atoms with Crippen molar-refractivity contribution in [2.75, 3.05) is 0 Å². The monoisotopic (exact) mass is 155 g/mol. The van der Waals surface area contributed by atoms with Crippen LogP contribution in [0.25, 0.3) is 6.08 Å². The molecule has 1 rings (SSSR count). The third kappa shape index (κ3) is 2.19. The molecule has 0 aromatic carbocycles. The molecule has 0 saturated carbocycles. The number of aromatic amines is 1. The predicted molar refractivity (Wildman–Crippen MR) is 37.8 cm³/mol. The molecule has 10 heavy (non-hydrogen) atoms. The SMILES string of the molecule is C=Cc1cc[nH+]c(C)c1.[Cl-]. The molecule has 0 atom stereocenters. The Balaban J connectivity index is 0.000000810.